The number of piperidine rings is 1. The van der Waals surface area contributed by atoms with Gasteiger partial charge in [-0.1, -0.05) is 37.3 Å². The minimum absolute atomic E-state index is 0.0648. The fourth-order valence-electron chi connectivity index (χ4n) is 3.85. The molecule has 25 heavy (non-hydrogen) atoms. The van der Waals surface area contributed by atoms with Gasteiger partial charge in [0, 0.05) is 32.6 Å². The second kappa shape index (κ2) is 9.20. The maximum atomic E-state index is 12.5. The molecule has 138 valence electrons. The molecule has 0 radical (unpaired) electrons. The van der Waals surface area contributed by atoms with E-state index in [4.69, 9.17) is 4.74 Å². The molecule has 0 aromatic heterocycles. The van der Waals surface area contributed by atoms with Crippen LogP contribution in [0.1, 0.15) is 25.3 Å². The van der Waals surface area contributed by atoms with Crippen molar-refractivity contribution < 1.29 is 9.53 Å². The van der Waals surface area contributed by atoms with Crippen molar-refractivity contribution in [2.45, 2.75) is 32.3 Å². The van der Waals surface area contributed by atoms with Crippen LogP contribution in [0.25, 0.3) is 0 Å². The zero-order valence-electron chi connectivity index (χ0n) is 15.3. The molecule has 2 fully saturated rings. The highest BCUT2D eigenvalue weighted by molar-refractivity contribution is 5.74. The number of carbonyl (C=O) groups is 1. The molecule has 2 amide bonds. The van der Waals surface area contributed by atoms with Crippen LogP contribution < -0.4 is 5.32 Å². The highest BCUT2D eigenvalue weighted by Crippen LogP contribution is 2.16. The highest BCUT2D eigenvalue weighted by Gasteiger charge is 2.25. The monoisotopic (exact) mass is 345 g/mol. The van der Waals surface area contributed by atoms with Crippen molar-refractivity contribution in [3.8, 4) is 0 Å². The van der Waals surface area contributed by atoms with Gasteiger partial charge in [-0.25, -0.2) is 4.79 Å². The lowest BCUT2D eigenvalue weighted by Crippen LogP contribution is -2.51. The zero-order valence-corrected chi connectivity index (χ0v) is 15.3. The molecule has 1 aromatic carbocycles. The number of amides is 2. The quantitative estimate of drug-likeness (QED) is 0.891. The fourth-order valence-corrected chi connectivity index (χ4v) is 3.85. The lowest BCUT2D eigenvalue weighted by atomic mass is 9.98. The Morgan fingerprint density at radius 3 is 2.88 bits per heavy atom. The summed E-state index contributed by atoms with van der Waals surface area (Å²) in [7, 11) is 0. The Hall–Kier alpha value is -1.59. The molecule has 1 aromatic rings. The largest absolute Gasteiger partial charge is 0.374 e. The normalized spacial score (nSPS) is 24.9. The lowest BCUT2D eigenvalue weighted by Gasteiger charge is -2.35. The molecule has 0 aliphatic carbocycles. The van der Waals surface area contributed by atoms with E-state index >= 15 is 0 Å². The molecule has 2 heterocycles. The van der Waals surface area contributed by atoms with Gasteiger partial charge in [-0.3, -0.25) is 0 Å². The van der Waals surface area contributed by atoms with Gasteiger partial charge in [0.15, 0.2) is 0 Å². The molecule has 0 spiro atoms. The van der Waals surface area contributed by atoms with Gasteiger partial charge < -0.3 is 19.9 Å². The molecule has 1 N–H and O–H groups in total. The van der Waals surface area contributed by atoms with E-state index in [0.29, 0.717) is 25.6 Å². The van der Waals surface area contributed by atoms with Crippen molar-refractivity contribution in [3.05, 3.63) is 35.9 Å². The van der Waals surface area contributed by atoms with Crippen LogP contribution in [0.5, 0.6) is 0 Å². The fraction of sp³-hybridized carbons (Fsp3) is 0.650. The summed E-state index contributed by atoms with van der Waals surface area (Å²) in [6.07, 6.45) is 3.41. The average molecular weight is 345 g/mol. The van der Waals surface area contributed by atoms with E-state index in [1.165, 1.54) is 24.9 Å². The van der Waals surface area contributed by atoms with Crippen molar-refractivity contribution in [2.24, 2.45) is 5.92 Å². The molecule has 2 aliphatic rings. The molecule has 2 aliphatic heterocycles. The molecule has 0 saturated carbocycles. The van der Waals surface area contributed by atoms with Crippen molar-refractivity contribution in [1.82, 2.24) is 15.1 Å². The average Bonchev–Trinajstić information content (AvgIpc) is 2.67. The molecule has 2 saturated heterocycles. The van der Waals surface area contributed by atoms with Crippen LogP contribution in [-0.2, 0) is 11.2 Å². The molecular weight excluding hydrogens is 314 g/mol. The van der Waals surface area contributed by atoms with E-state index in [1.807, 2.05) is 23.1 Å². The number of urea groups is 1. The number of benzene rings is 1. The van der Waals surface area contributed by atoms with Gasteiger partial charge in [-0.2, -0.15) is 0 Å². The second-order valence-corrected chi connectivity index (χ2v) is 7.22. The SMILES string of the molecule is CCN1CCC[C@@H](CNC(=O)N2CCO[C@@H](Cc3ccccc3)C2)C1. The van der Waals surface area contributed by atoms with Gasteiger partial charge >= 0.3 is 6.03 Å². The first-order valence-electron chi connectivity index (χ1n) is 9.65. The third-order valence-corrected chi connectivity index (χ3v) is 5.32. The number of rotatable bonds is 5. The molecule has 0 bridgehead atoms. The summed E-state index contributed by atoms with van der Waals surface area (Å²) in [5.74, 6) is 0.582. The Morgan fingerprint density at radius 1 is 1.24 bits per heavy atom. The Balaban J connectivity index is 1.43. The van der Waals surface area contributed by atoms with E-state index < -0.39 is 0 Å². The predicted octanol–water partition coefficient (Wildman–Crippen LogP) is 2.37. The highest BCUT2D eigenvalue weighted by atomic mass is 16.5. The Morgan fingerprint density at radius 2 is 2.08 bits per heavy atom. The summed E-state index contributed by atoms with van der Waals surface area (Å²) in [5, 5.41) is 3.16. The van der Waals surface area contributed by atoms with Crippen LogP contribution in [0.15, 0.2) is 30.3 Å². The van der Waals surface area contributed by atoms with Gasteiger partial charge in [0.2, 0.25) is 0 Å². The maximum Gasteiger partial charge on any atom is 0.317 e. The summed E-state index contributed by atoms with van der Waals surface area (Å²) in [5.41, 5.74) is 1.26. The van der Waals surface area contributed by atoms with Gasteiger partial charge in [-0.15, -0.1) is 0 Å². The first-order valence-corrected chi connectivity index (χ1v) is 9.65. The number of nitrogens with one attached hydrogen (secondary N) is 1. The topological polar surface area (TPSA) is 44.8 Å². The van der Waals surface area contributed by atoms with Crippen molar-refractivity contribution in [1.29, 1.82) is 0 Å². The predicted molar refractivity (Wildman–Crippen MR) is 99.7 cm³/mol. The first kappa shape index (κ1) is 18.2. The summed E-state index contributed by atoms with van der Waals surface area (Å²) >= 11 is 0. The third kappa shape index (κ3) is 5.44. The number of nitrogens with zero attached hydrogens (tertiary/aromatic N) is 2. The molecular formula is C20H31N3O2. The van der Waals surface area contributed by atoms with Crippen molar-refractivity contribution in [2.75, 3.05) is 45.9 Å². The second-order valence-electron chi connectivity index (χ2n) is 7.22. The molecule has 3 rings (SSSR count). The van der Waals surface area contributed by atoms with Gasteiger partial charge in [0.25, 0.3) is 0 Å². The van der Waals surface area contributed by atoms with E-state index in [2.05, 4.69) is 29.3 Å². The molecule has 5 heteroatoms. The summed E-state index contributed by atoms with van der Waals surface area (Å²) in [6.45, 7) is 8.39. The van der Waals surface area contributed by atoms with E-state index in [1.54, 1.807) is 0 Å². The Labute approximate surface area is 151 Å². The minimum atomic E-state index is 0.0648. The van der Waals surface area contributed by atoms with Crippen LogP contribution in [0, 0.1) is 5.92 Å². The van der Waals surface area contributed by atoms with E-state index in [0.717, 1.165) is 26.1 Å². The molecule has 5 nitrogen and oxygen atoms in total. The number of ether oxygens (including phenoxy) is 1. The van der Waals surface area contributed by atoms with Gasteiger partial charge in [-0.05, 0) is 37.4 Å². The number of likely N-dealkylation sites (tertiary alicyclic amines) is 1. The van der Waals surface area contributed by atoms with Crippen molar-refractivity contribution >= 4 is 6.03 Å². The van der Waals surface area contributed by atoms with Crippen LogP contribution >= 0.6 is 0 Å². The number of morpholine rings is 1. The number of carbonyl (C=O) groups excluding carboxylic acids is 1. The van der Waals surface area contributed by atoms with Crippen LogP contribution in [0.4, 0.5) is 4.79 Å². The standard InChI is InChI=1S/C20H31N3O2/c1-2-22-10-6-9-18(15-22)14-21-20(24)23-11-12-25-19(16-23)13-17-7-4-3-5-8-17/h3-5,7-8,18-19H,2,6,9-16H2,1H3,(H,21,24)/t18-,19-/m0/s1. The first-order chi connectivity index (χ1) is 12.2. The van der Waals surface area contributed by atoms with E-state index in [-0.39, 0.29) is 12.1 Å². The molecule has 2 atom stereocenters. The Kier molecular flexibility index (Phi) is 6.70. The van der Waals surface area contributed by atoms with Crippen LogP contribution in [0.3, 0.4) is 0 Å². The van der Waals surface area contributed by atoms with E-state index in [9.17, 15) is 4.79 Å². The van der Waals surface area contributed by atoms with Crippen LogP contribution in [-0.4, -0.2) is 67.8 Å². The summed E-state index contributed by atoms with van der Waals surface area (Å²) in [6, 6.07) is 10.4. The van der Waals surface area contributed by atoms with Gasteiger partial charge in [0.1, 0.15) is 0 Å². The number of hydrogen-bond donors (Lipinski definition) is 1. The smallest absolute Gasteiger partial charge is 0.317 e. The lowest BCUT2D eigenvalue weighted by molar-refractivity contribution is -0.0134. The zero-order chi connectivity index (χ0) is 17.5. The maximum absolute atomic E-state index is 12.5. The summed E-state index contributed by atoms with van der Waals surface area (Å²) in [4.78, 5) is 16.9. The molecule has 0 unspecified atom stereocenters. The Bertz CT molecular complexity index is 537. The number of hydrogen-bond acceptors (Lipinski definition) is 3. The minimum Gasteiger partial charge on any atom is -0.374 e. The van der Waals surface area contributed by atoms with Crippen LogP contribution in [0.2, 0.25) is 0 Å². The third-order valence-electron chi connectivity index (χ3n) is 5.32. The van der Waals surface area contributed by atoms with Crippen molar-refractivity contribution in [3.63, 3.8) is 0 Å². The summed E-state index contributed by atoms with van der Waals surface area (Å²) < 4.78 is 5.86. The van der Waals surface area contributed by atoms with Gasteiger partial charge in [0.05, 0.1) is 12.7 Å².